The van der Waals surface area contributed by atoms with Crippen LogP contribution in [0.5, 0.6) is 0 Å². The largest absolute Gasteiger partial charge is 0.339 e. The van der Waals surface area contributed by atoms with Crippen molar-refractivity contribution in [2.45, 2.75) is 26.8 Å². The monoisotopic (exact) mass is 302 g/mol. The van der Waals surface area contributed by atoms with Gasteiger partial charge in [0.2, 0.25) is 11.7 Å². The van der Waals surface area contributed by atoms with Gasteiger partial charge in [-0.25, -0.2) is 4.98 Å². The Morgan fingerprint density at radius 1 is 1.36 bits per heavy atom. The zero-order valence-corrected chi connectivity index (χ0v) is 12.9. The van der Waals surface area contributed by atoms with Gasteiger partial charge in [0.25, 0.3) is 11.7 Å². The Morgan fingerprint density at radius 2 is 2.14 bits per heavy atom. The molecule has 0 aromatic carbocycles. The molecule has 0 saturated carbocycles. The van der Waals surface area contributed by atoms with E-state index < -0.39 is 6.04 Å². The molecule has 1 aliphatic heterocycles. The van der Waals surface area contributed by atoms with Crippen LogP contribution >= 0.6 is 0 Å². The average Bonchev–Trinajstić information content (AvgIpc) is 2.92. The second-order valence-electron chi connectivity index (χ2n) is 5.35. The van der Waals surface area contributed by atoms with Crippen LogP contribution in [-0.2, 0) is 4.79 Å². The molecule has 2 aromatic heterocycles. The lowest BCUT2D eigenvalue weighted by molar-refractivity contribution is -0.139. The zero-order valence-electron chi connectivity index (χ0n) is 12.9. The van der Waals surface area contributed by atoms with Crippen LogP contribution < -0.4 is 0 Å². The maximum absolute atomic E-state index is 12.7. The van der Waals surface area contributed by atoms with Gasteiger partial charge < -0.3 is 9.80 Å². The molecule has 0 spiro atoms. The van der Waals surface area contributed by atoms with Crippen LogP contribution in [-0.4, -0.2) is 66.9 Å². The number of rotatable bonds is 2. The fourth-order valence-corrected chi connectivity index (χ4v) is 2.67. The number of hydrogen-bond acceptors (Lipinski definition) is 5. The third-order valence-corrected chi connectivity index (χ3v) is 4.00. The van der Waals surface area contributed by atoms with Crippen molar-refractivity contribution in [2.24, 2.45) is 0 Å². The molecule has 2 aromatic rings. The number of fused-ring (bicyclic) bond motifs is 1. The predicted octanol–water partition coefficient (Wildman–Crippen LogP) is 0.126. The molecule has 3 rings (SSSR count). The molecule has 1 saturated heterocycles. The second-order valence-corrected chi connectivity index (χ2v) is 5.35. The van der Waals surface area contributed by atoms with Crippen LogP contribution in [0.3, 0.4) is 0 Å². The summed E-state index contributed by atoms with van der Waals surface area (Å²) in [4.78, 5) is 32.5. The SMILES string of the molecule is CCN1CCN(C(=O)c2nnc3nc(C)ccn23)[C@@H](C)C1=O. The summed E-state index contributed by atoms with van der Waals surface area (Å²) >= 11 is 0. The van der Waals surface area contributed by atoms with Gasteiger partial charge in [-0.3, -0.25) is 14.0 Å². The molecule has 0 N–H and O–H groups in total. The van der Waals surface area contributed by atoms with E-state index in [0.717, 1.165) is 5.69 Å². The van der Waals surface area contributed by atoms with E-state index in [9.17, 15) is 9.59 Å². The van der Waals surface area contributed by atoms with E-state index in [1.165, 1.54) is 0 Å². The first-order valence-electron chi connectivity index (χ1n) is 7.31. The quantitative estimate of drug-likeness (QED) is 0.787. The van der Waals surface area contributed by atoms with Crippen molar-refractivity contribution in [2.75, 3.05) is 19.6 Å². The molecule has 0 aliphatic carbocycles. The third kappa shape index (κ3) is 2.20. The Bertz CT molecular complexity index is 740. The Labute approximate surface area is 127 Å². The van der Waals surface area contributed by atoms with Crippen molar-refractivity contribution < 1.29 is 9.59 Å². The molecule has 8 nitrogen and oxygen atoms in total. The molecular formula is C14H18N6O2. The number of likely N-dealkylation sites (N-methyl/N-ethyl adjacent to an activating group) is 1. The molecule has 0 unspecified atom stereocenters. The molecule has 116 valence electrons. The highest BCUT2D eigenvalue weighted by atomic mass is 16.2. The first-order chi connectivity index (χ1) is 10.5. The van der Waals surface area contributed by atoms with Crippen LogP contribution in [0.2, 0.25) is 0 Å². The molecule has 8 heteroatoms. The number of carbonyl (C=O) groups is 2. The van der Waals surface area contributed by atoms with Gasteiger partial charge in [0.1, 0.15) is 6.04 Å². The number of aromatic nitrogens is 4. The first-order valence-corrected chi connectivity index (χ1v) is 7.31. The van der Waals surface area contributed by atoms with Crippen molar-refractivity contribution in [3.8, 4) is 0 Å². The summed E-state index contributed by atoms with van der Waals surface area (Å²) < 4.78 is 1.55. The minimum atomic E-state index is -0.494. The van der Waals surface area contributed by atoms with Crippen LogP contribution in [0.25, 0.3) is 5.78 Å². The summed E-state index contributed by atoms with van der Waals surface area (Å²) in [6, 6.07) is 1.29. The first kappa shape index (κ1) is 14.4. The predicted molar refractivity (Wildman–Crippen MR) is 78.3 cm³/mol. The van der Waals surface area contributed by atoms with Crippen molar-refractivity contribution in [1.29, 1.82) is 0 Å². The molecule has 1 atom stereocenters. The summed E-state index contributed by atoms with van der Waals surface area (Å²) in [7, 11) is 0. The highest BCUT2D eigenvalue weighted by molar-refractivity contribution is 5.96. The van der Waals surface area contributed by atoms with Crippen molar-refractivity contribution in [3.63, 3.8) is 0 Å². The number of hydrogen-bond donors (Lipinski definition) is 0. The standard InChI is InChI=1S/C14H18N6O2/c1-4-18-7-8-19(10(3)12(18)21)13(22)11-16-17-14-15-9(2)5-6-20(11)14/h5-6,10H,4,7-8H2,1-3H3/t10-/m0/s1. The molecular weight excluding hydrogens is 284 g/mol. The van der Waals surface area contributed by atoms with Crippen LogP contribution in [0.15, 0.2) is 12.3 Å². The van der Waals surface area contributed by atoms with E-state index >= 15 is 0 Å². The summed E-state index contributed by atoms with van der Waals surface area (Å²) in [6.45, 7) is 7.21. The van der Waals surface area contributed by atoms with Crippen molar-refractivity contribution >= 4 is 17.6 Å². The van der Waals surface area contributed by atoms with Crippen LogP contribution in [0, 0.1) is 6.92 Å². The minimum Gasteiger partial charge on any atom is -0.339 e. The van der Waals surface area contributed by atoms with E-state index in [2.05, 4.69) is 15.2 Å². The fourth-order valence-electron chi connectivity index (χ4n) is 2.67. The Hall–Kier alpha value is -2.51. The van der Waals surface area contributed by atoms with Crippen LogP contribution in [0.1, 0.15) is 30.2 Å². The highest BCUT2D eigenvalue weighted by Gasteiger charge is 2.35. The van der Waals surface area contributed by atoms with Gasteiger partial charge in [0.05, 0.1) is 0 Å². The Morgan fingerprint density at radius 3 is 2.86 bits per heavy atom. The van der Waals surface area contributed by atoms with Gasteiger partial charge in [-0.15, -0.1) is 10.2 Å². The van der Waals surface area contributed by atoms with Crippen molar-refractivity contribution in [1.82, 2.24) is 29.4 Å². The highest BCUT2D eigenvalue weighted by Crippen LogP contribution is 2.15. The average molecular weight is 302 g/mol. The lowest BCUT2D eigenvalue weighted by atomic mass is 10.1. The molecule has 2 amide bonds. The number of nitrogens with zero attached hydrogens (tertiary/aromatic N) is 6. The van der Waals surface area contributed by atoms with Gasteiger partial charge in [-0.2, -0.15) is 0 Å². The van der Waals surface area contributed by atoms with Gasteiger partial charge in [0, 0.05) is 31.5 Å². The van der Waals surface area contributed by atoms with E-state index in [1.54, 1.807) is 33.4 Å². The lowest BCUT2D eigenvalue weighted by Gasteiger charge is -2.38. The van der Waals surface area contributed by atoms with E-state index in [1.807, 2.05) is 13.8 Å². The fraction of sp³-hybridized carbons (Fsp3) is 0.500. The zero-order chi connectivity index (χ0) is 15.9. The number of carbonyl (C=O) groups excluding carboxylic acids is 2. The summed E-state index contributed by atoms with van der Waals surface area (Å²) in [5.41, 5.74) is 0.805. The number of piperazine rings is 1. The molecule has 1 fully saturated rings. The van der Waals surface area contributed by atoms with Crippen molar-refractivity contribution in [3.05, 3.63) is 23.8 Å². The molecule has 22 heavy (non-hydrogen) atoms. The Kier molecular flexibility index (Phi) is 3.51. The molecule has 0 radical (unpaired) electrons. The van der Waals surface area contributed by atoms with E-state index in [0.29, 0.717) is 25.4 Å². The molecule has 0 bridgehead atoms. The number of aryl methyl sites for hydroxylation is 1. The normalized spacial score (nSPS) is 19.0. The van der Waals surface area contributed by atoms with Gasteiger partial charge in [-0.1, -0.05) is 0 Å². The van der Waals surface area contributed by atoms with E-state index in [4.69, 9.17) is 0 Å². The number of amides is 2. The van der Waals surface area contributed by atoms with Gasteiger partial charge in [-0.05, 0) is 26.8 Å². The molecule has 1 aliphatic rings. The summed E-state index contributed by atoms with van der Waals surface area (Å²) in [6.07, 6.45) is 1.72. The summed E-state index contributed by atoms with van der Waals surface area (Å²) in [5, 5.41) is 7.87. The maximum atomic E-state index is 12.7. The van der Waals surface area contributed by atoms with Gasteiger partial charge >= 0.3 is 0 Å². The maximum Gasteiger partial charge on any atom is 0.292 e. The van der Waals surface area contributed by atoms with E-state index in [-0.39, 0.29) is 17.6 Å². The smallest absolute Gasteiger partial charge is 0.292 e. The topological polar surface area (TPSA) is 83.7 Å². The third-order valence-electron chi connectivity index (χ3n) is 4.00. The summed E-state index contributed by atoms with van der Waals surface area (Å²) in [5.74, 6) is 0.237. The minimum absolute atomic E-state index is 0.0371. The van der Waals surface area contributed by atoms with Crippen LogP contribution in [0.4, 0.5) is 0 Å². The lowest BCUT2D eigenvalue weighted by Crippen LogP contribution is -2.57. The Balaban J connectivity index is 1.91. The van der Waals surface area contributed by atoms with Gasteiger partial charge in [0.15, 0.2) is 0 Å². The second kappa shape index (κ2) is 5.36. The molecule has 3 heterocycles.